The van der Waals surface area contributed by atoms with Gasteiger partial charge in [-0.2, -0.15) is 13.2 Å². The van der Waals surface area contributed by atoms with Crippen molar-refractivity contribution in [3.63, 3.8) is 0 Å². The number of carbonyl (C=O) groups is 1. The molecule has 16 heavy (non-hydrogen) atoms. The largest absolute Gasteiger partial charge is 0.397 e. The number of nitrogens with one attached hydrogen (secondary N) is 1. The summed E-state index contributed by atoms with van der Waals surface area (Å²) in [5.41, 5.74) is 0.776. The van der Waals surface area contributed by atoms with Crippen molar-refractivity contribution in [2.75, 3.05) is 0 Å². The Morgan fingerprint density at radius 2 is 1.88 bits per heavy atom. The van der Waals surface area contributed by atoms with Crippen molar-refractivity contribution in [3.05, 3.63) is 35.9 Å². The van der Waals surface area contributed by atoms with Crippen molar-refractivity contribution in [2.45, 2.75) is 25.6 Å². The molecule has 0 bridgehead atoms. The molecule has 0 radical (unpaired) electrons. The highest BCUT2D eigenvalue weighted by atomic mass is 19.4. The number of benzene rings is 1. The van der Waals surface area contributed by atoms with Gasteiger partial charge in [-0.15, -0.1) is 0 Å². The van der Waals surface area contributed by atoms with Gasteiger partial charge in [-0.1, -0.05) is 30.3 Å². The van der Waals surface area contributed by atoms with Crippen LogP contribution in [0.3, 0.4) is 0 Å². The van der Waals surface area contributed by atoms with Gasteiger partial charge in [-0.05, 0) is 12.5 Å². The summed E-state index contributed by atoms with van der Waals surface area (Å²) in [6, 6.07) is 8.41. The smallest absolute Gasteiger partial charge is 0.349 e. The van der Waals surface area contributed by atoms with Crippen molar-refractivity contribution in [1.82, 2.24) is 5.32 Å². The summed E-state index contributed by atoms with van der Waals surface area (Å²) in [6.45, 7) is 1.64. The molecule has 1 atom stereocenters. The summed E-state index contributed by atoms with van der Waals surface area (Å²) in [6.07, 6.45) is -5.90. The first kappa shape index (κ1) is 12.5. The Kier molecular flexibility index (Phi) is 3.93. The molecule has 5 heteroatoms. The molecule has 0 aliphatic rings. The summed E-state index contributed by atoms with van der Waals surface area (Å²) in [7, 11) is 0. The zero-order valence-corrected chi connectivity index (χ0v) is 8.71. The van der Waals surface area contributed by atoms with E-state index in [1.54, 1.807) is 37.3 Å². The van der Waals surface area contributed by atoms with E-state index in [1.807, 2.05) is 0 Å². The summed E-state index contributed by atoms with van der Waals surface area (Å²) in [5, 5.41) is 2.29. The van der Waals surface area contributed by atoms with E-state index in [4.69, 9.17) is 0 Å². The van der Waals surface area contributed by atoms with Gasteiger partial charge >= 0.3 is 6.18 Å². The summed E-state index contributed by atoms with van der Waals surface area (Å²) < 4.78 is 35.7. The Labute approximate surface area is 91.5 Å². The number of halogens is 3. The molecule has 2 nitrogen and oxygen atoms in total. The van der Waals surface area contributed by atoms with Crippen LogP contribution >= 0.6 is 0 Å². The topological polar surface area (TPSA) is 29.1 Å². The number of alkyl halides is 3. The molecule has 0 saturated carbocycles. The highest BCUT2D eigenvalue weighted by Gasteiger charge is 2.31. The van der Waals surface area contributed by atoms with E-state index in [-0.39, 0.29) is 0 Å². The quantitative estimate of drug-likeness (QED) is 0.851. The van der Waals surface area contributed by atoms with E-state index in [9.17, 15) is 18.0 Å². The maximum Gasteiger partial charge on any atom is 0.397 e. The number of hydrogen-bond acceptors (Lipinski definition) is 1. The lowest BCUT2D eigenvalue weighted by Crippen LogP contribution is -2.30. The zero-order chi connectivity index (χ0) is 12.2. The van der Waals surface area contributed by atoms with Crippen LogP contribution in [0.25, 0.3) is 0 Å². The van der Waals surface area contributed by atoms with Crippen LogP contribution < -0.4 is 5.32 Å². The molecule has 0 saturated heterocycles. The third kappa shape index (κ3) is 4.33. The summed E-state index contributed by atoms with van der Waals surface area (Å²) in [4.78, 5) is 11.0. The second kappa shape index (κ2) is 5.01. The monoisotopic (exact) mass is 231 g/mol. The van der Waals surface area contributed by atoms with Crippen molar-refractivity contribution in [2.24, 2.45) is 0 Å². The molecule has 0 aromatic heterocycles. The van der Waals surface area contributed by atoms with Crippen LogP contribution in [0.15, 0.2) is 30.3 Å². The fourth-order valence-electron chi connectivity index (χ4n) is 1.30. The van der Waals surface area contributed by atoms with Gasteiger partial charge in [-0.3, -0.25) is 4.79 Å². The first-order chi connectivity index (χ1) is 7.38. The molecule has 1 aromatic carbocycles. The fourth-order valence-corrected chi connectivity index (χ4v) is 1.30. The molecule has 1 amide bonds. The summed E-state index contributed by atoms with van der Waals surface area (Å²) >= 11 is 0. The number of carbonyl (C=O) groups excluding carboxylic acids is 1. The van der Waals surface area contributed by atoms with Crippen LogP contribution in [-0.2, 0) is 4.79 Å². The molecule has 0 aliphatic carbocycles. The van der Waals surface area contributed by atoms with Crippen LogP contribution in [0.2, 0.25) is 0 Å². The van der Waals surface area contributed by atoms with Crippen LogP contribution in [0.4, 0.5) is 13.2 Å². The van der Waals surface area contributed by atoms with Gasteiger partial charge in [0.25, 0.3) is 0 Å². The Hall–Kier alpha value is -1.52. The second-order valence-corrected chi connectivity index (χ2v) is 3.49. The van der Waals surface area contributed by atoms with Gasteiger partial charge in [0.15, 0.2) is 0 Å². The maximum absolute atomic E-state index is 11.9. The predicted octanol–water partition coefficient (Wildman–Crippen LogP) is 2.82. The Morgan fingerprint density at radius 3 is 2.38 bits per heavy atom. The van der Waals surface area contributed by atoms with Crippen LogP contribution in [0.5, 0.6) is 0 Å². The minimum atomic E-state index is -4.46. The highest BCUT2D eigenvalue weighted by Crippen LogP contribution is 2.20. The van der Waals surface area contributed by atoms with E-state index >= 15 is 0 Å². The highest BCUT2D eigenvalue weighted by molar-refractivity contribution is 5.77. The summed E-state index contributed by atoms with van der Waals surface area (Å²) in [5.74, 6) is -1.01. The van der Waals surface area contributed by atoms with Gasteiger partial charge in [0.1, 0.15) is 6.42 Å². The number of amides is 1. The average Bonchev–Trinajstić information content (AvgIpc) is 2.16. The van der Waals surface area contributed by atoms with E-state index in [0.29, 0.717) is 0 Å². The molecule has 0 aliphatic heterocycles. The Balaban J connectivity index is 2.52. The van der Waals surface area contributed by atoms with Crippen molar-refractivity contribution < 1.29 is 18.0 Å². The van der Waals surface area contributed by atoms with E-state index in [2.05, 4.69) is 5.32 Å². The molecule has 88 valence electrons. The van der Waals surface area contributed by atoms with Crippen molar-refractivity contribution in [3.8, 4) is 0 Å². The lowest BCUT2D eigenvalue weighted by atomic mass is 10.1. The van der Waals surface area contributed by atoms with Gasteiger partial charge in [-0.25, -0.2) is 0 Å². The lowest BCUT2D eigenvalue weighted by molar-refractivity contribution is -0.154. The van der Waals surface area contributed by atoms with Gasteiger partial charge in [0, 0.05) is 0 Å². The van der Waals surface area contributed by atoms with E-state index in [1.165, 1.54) is 0 Å². The number of rotatable bonds is 3. The van der Waals surface area contributed by atoms with E-state index < -0.39 is 24.5 Å². The standard InChI is InChI=1S/C11H12F3NO/c1-8(9-5-3-2-4-6-9)15-10(16)7-11(12,13)14/h2-6,8H,7H2,1H3,(H,15,16)/t8-/m1/s1. The zero-order valence-electron chi connectivity index (χ0n) is 8.71. The molecule has 1 rings (SSSR count). The molecule has 0 fully saturated rings. The maximum atomic E-state index is 11.9. The Bertz CT molecular complexity index is 348. The molecule has 1 N–H and O–H groups in total. The molecular formula is C11H12F3NO. The SMILES string of the molecule is C[C@@H](NC(=O)CC(F)(F)F)c1ccccc1. The first-order valence-electron chi connectivity index (χ1n) is 4.79. The van der Waals surface area contributed by atoms with Crippen LogP contribution in [0, 0.1) is 0 Å². The molecule has 1 aromatic rings. The van der Waals surface area contributed by atoms with E-state index in [0.717, 1.165) is 5.56 Å². The molecular weight excluding hydrogens is 219 g/mol. The normalized spacial score (nSPS) is 13.2. The predicted molar refractivity (Wildman–Crippen MR) is 53.7 cm³/mol. The average molecular weight is 231 g/mol. The lowest BCUT2D eigenvalue weighted by Gasteiger charge is -2.14. The Morgan fingerprint density at radius 1 is 1.31 bits per heavy atom. The number of hydrogen-bond donors (Lipinski definition) is 1. The van der Waals surface area contributed by atoms with Crippen molar-refractivity contribution in [1.29, 1.82) is 0 Å². The fraction of sp³-hybridized carbons (Fsp3) is 0.364. The molecule has 0 heterocycles. The van der Waals surface area contributed by atoms with Gasteiger partial charge < -0.3 is 5.32 Å². The third-order valence-electron chi connectivity index (χ3n) is 2.04. The first-order valence-corrected chi connectivity index (χ1v) is 4.79. The van der Waals surface area contributed by atoms with Crippen LogP contribution in [-0.4, -0.2) is 12.1 Å². The van der Waals surface area contributed by atoms with Gasteiger partial charge in [0.2, 0.25) is 5.91 Å². The molecule has 0 unspecified atom stereocenters. The minimum Gasteiger partial charge on any atom is -0.349 e. The third-order valence-corrected chi connectivity index (χ3v) is 2.04. The van der Waals surface area contributed by atoms with Gasteiger partial charge in [0.05, 0.1) is 6.04 Å². The van der Waals surface area contributed by atoms with Crippen molar-refractivity contribution >= 4 is 5.91 Å². The minimum absolute atomic E-state index is 0.420. The second-order valence-electron chi connectivity index (χ2n) is 3.49. The molecule has 0 spiro atoms. The van der Waals surface area contributed by atoms with Crippen LogP contribution in [0.1, 0.15) is 24.9 Å².